The average molecular weight is 697 g/mol. The van der Waals surface area contributed by atoms with Crippen LogP contribution < -0.4 is 10.6 Å². The van der Waals surface area contributed by atoms with Crippen LogP contribution in [0.3, 0.4) is 0 Å². The van der Waals surface area contributed by atoms with Crippen molar-refractivity contribution in [1.82, 2.24) is 20.6 Å². The molecule has 0 spiro atoms. The van der Waals surface area contributed by atoms with E-state index >= 15 is 0 Å². The standard InChI is InChI=1S/C40H48N4O5S/c1-6-25-7-11-27(12-8-25)28-15-17-29(18-16-28)31-22-41-36(42-23-31)30-13-9-26(10-14-30)21-32(37(46)44-35(24(2)45)39(48)49)43-38(47)33-19-20-34(50-33)40(3,4)5/h9-10,13-20,22-25,27,32,35,45H,6-8,11-12,21H2,1-5H3,(H,43,47)(H,44,46)(H,48,49)/t24-,25?,27?,32+,35+/m1/s1. The summed E-state index contributed by atoms with van der Waals surface area (Å²) in [5.41, 5.74) is 4.80. The molecule has 2 amide bonds. The highest BCUT2D eigenvalue weighted by Crippen LogP contribution is 2.37. The van der Waals surface area contributed by atoms with Crippen LogP contribution in [0.2, 0.25) is 0 Å². The fraction of sp³-hybridized carbons (Fsp3) is 0.425. The molecule has 1 fully saturated rings. The Labute approximate surface area is 298 Å². The second-order valence-corrected chi connectivity index (χ2v) is 15.5. The van der Waals surface area contributed by atoms with E-state index in [9.17, 15) is 24.6 Å². The zero-order chi connectivity index (χ0) is 36.0. The molecule has 0 unspecified atom stereocenters. The third-order valence-electron chi connectivity index (χ3n) is 9.68. The Morgan fingerprint density at radius 2 is 1.48 bits per heavy atom. The molecule has 50 heavy (non-hydrogen) atoms. The minimum atomic E-state index is -1.53. The maximum absolute atomic E-state index is 13.3. The van der Waals surface area contributed by atoms with E-state index in [1.54, 1.807) is 6.07 Å². The summed E-state index contributed by atoms with van der Waals surface area (Å²) in [4.78, 5) is 49.0. The number of carbonyl (C=O) groups is 3. The molecule has 1 aliphatic rings. The molecule has 0 aliphatic heterocycles. The molecule has 0 bridgehead atoms. The van der Waals surface area contributed by atoms with Gasteiger partial charge in [-0.15, -0.1) is 11.3 Å². The Morgan fingerprint density at radius 1 is 0.860 bits per heavy atom. The first-order valence-corrected chi connectivity index (χ1v) is 18.3. The van der Waals surface area contributed by atoms with Gasteiger partial charge in [-0.1, -0.05) is 82.6 Å². The van der Waals surface area contributed by atoms with Crippen LogP contribution in [0.5, 0.6) is 0 Å². The fourth-order valence-corrected chi connectivity index (χ4v) is 7.41. The van der Waals surface area contributed by atoms with Crippen molar-refractivity contribution in [2.24, 2.45) is 5.92 Å². The number of hydrogen-bond donors (Lipinski definition) is 4. The molecule has 4 aromatic rings. The van der Waals surface area contributed by atoms with E-state index < -0.39 is 36.0 Å². The highest BCUT2D eigenvalue weighted by molar-refractivity contribution is 7.14. The van der Waals surface area contributed by atoms with Gasteiger partial charge in [0.15, 0.2) is 11.9 Å². The largest absolute Gasteiger partial charge is 0.480 e. The van der Waals surface area contributed by atoms with Gasteiger partial charge in [-0.3, -0.25) is 9.59 Å². The van der Waals surface area contributed by atoms with Crippen molar-refractivity contribution in [3.8, 4) is 22.5 Å². The van der Waals surface area contributed by atoms with Crippen molar-refractivity contribution in [1.29, 1.82) is 0 Å². The molecule has 5 rings (SSSR count). The molecule has 0 radical (unpaired) electrons. The van der Waals surface area contributed by atoms with Gasteiger partial charge in [0.05, 0.1) is 11.0 Å². The zero-order valence-corrected chi connectivity index (χ0v) is 30.3. The number of thiophene rings is 1. The van der Waals surface area contributed by atoms with E-state index in [2.05, 4.69) is 72.6 Å². The summed E-state index contributed by atoms with van der Waals surface area (Å²) in [6.07, 6.45) is 8.85. The number of aromatic nitrogens is 2. The number of benzene rings is 2. The number of rotatable bonds is 12. The summed E-state index contributed by atoms with van der Waals surface area (Å²) in [5, 5.41) is 24.6. The SMILES string of the molecule is CCC1CCC(c2ccc(-c3cnc(-c4ccc(C[C@H](NC(=O)c5ccc(C(C)(C)C)s5)C(=O)N[C@H](C(=O)O)[C@@H](C)O)cc4)nc3)cc2)CC1. The van der Waals surface area contributed by atoms with Gasteiger partial charge in [0.25, 0.3) is 5.91 Å². The average Bonchev–Trinajstić information content (AvgIpc) is 3.62. The molecule has 2 aromatic carbocycles. The Hall–Kier alpha value is -4.41. The second kappa shape index (κ2) is 16.1. The Balaban J connectivity index is 1.27. The number of carboxylic acids is 1. The number of amides is 2. The third kappa shape index (κ3) is 9.22. The first kappa shape index (κ1) is 36.9. The Kier molecular flexibility index (Phi) is 11.9. The van der Waals surface area contributed by atoms with Crippen LogP contribution in [0.1, 0.15) is 98.3 Å². The van der Waals surface area contributed by atoms with Crippen molar-refractivity contribution in [2.75, 3.05) is 0 Å². The third-order valence-corrected chi connectivity index (χ3v) is 11.2. The number of aliphatic hydroxyl groups excluding tert-OH is 1. The monoisotopic (exact) mass is 696 g/mol. The maximum atomic E-state index is 13.3. The minimum absolute atomic E-state index is 0.0946. The van der Waals surface area contributed by atoms with Gasteiger partial charge in [-0.25, -0.2) is 14.8 Å². The number of carboxylic acid groups (broad SMARTS) is 1. The van der Waals surface area contributed by atoms with E-state index in [1.807, 2.05) is 42.7 Å². The van der Waals surface area contributed by atoms with Gasteiger partial charge in [0.1, 0.15) is 6.04 Å². The molecule has 1 aliphatic carbocycles. The predicted octanol–water partition coefficient (Wildman–Crippen LogP) is 7.14. The van der Waals surface area contributed by atoms with Gasteiger partial charge < -0.3 is 20.8 Å². The molecule has 10 heteroatoms. The summed E-state index contributed by atoms with van der Waals surface area (Å²) >= 11 is 1.35. The lowest BCUT2D eigenvalue weighted by Crippen LogP contribution is -2.55. The zero-order valence-electron chi connectivity index (χ0n) is 29.5. The van der Waals surface area contributed by atoms with Gasteiger partial charge in [0.2, 0.25) is 5.91 Å². The highest BCUT2D eigenvalue weighted by atomic mass is 32.1. The summed E-state index contributed by atoms with van der Waals surface area (Å²) in [5.74, 6) is -0.443. The van der Waals surface area contributed by atoms with Crippen molar-refractivity contribution < 1.29 is 24.6 Å². The van der Waals surface area contributed by atoms with Crippen molar-refractivity contribution >= 4 is 29.1 Å². The van der Waals surface area contributed by atoms with Crippen LogP contribution in [0.4, 0.5) is 0 Å². The lowest BCUT2D eigenvalue weighted by atomic mass is 9.78. The maximum Gasteiger partial charge on any atom is 0.328 e. The smallest absolute Gasteiger partial charge is 0.328 e. The summed E-state index contributed by atoms with van der Waals surface area (Å²) < 4.78 is 0. The van der Waals surface area contributed by atoms with E-state index in [0.717, 1.165) is 33.0 Å². The van der Waals surface area contributed by atoms with Gasteiger partial charge in [-0.05, 0) is 78.7 Å². The number of carbonyl (C=O) groups excluding carboxylic acids is 2. The predicted molar refractivity (Wildman–Crippen MR) is 197 cm³/mol. The van der Waals surface area contributed by atoms with E-state index in [4.69, 9.17) is 0 Å². The van der Waals surface area contributed by atoms with Gasteiger partial charge in [-0.2, -0.15) is 0 Å². The molecule has 264 valence electrons. The molecule has 2 aromatic heterocycles. The van der Waals surface area contributed by atoms with Crippen LogP contribution in [0.25, 0.3) is 22.5 Å². The first-order chi connectivity index (χ1) is 23.8. The number of aliphatic hydroxyl groups is 1. The molecule has 3 atom stereocenters. The van der Waals surface area contributed by atoms with Crippen LogP contribution >= 0.6 is 11.3 Å². The minimum Gasteiger partial charge on any atom is -0.480 e. The quantitative estimate of drug-likeness (QED) is 0.123. The van der Waals surface area contributed by atoms with Gasteiger partial charge >= 0.3 is 5.97 Å². The molecular formula is C40H48N4O5S. The molecule has 9 nitrogen and oxygen atoms in total. The molecular weight excluding hydrogens is 649 g/mol. The van der Waals surface area contributed by atoms with E-state index in [-0.39, 0.29) is 11.8 Å². The van der Waals surface area contributed by atoms with Crippen LogP contribution in [0, 0.1) is 5.92 Å². The number of aliphatic carboxylic acids is 1. The lowest BCUT2D eigenvalue weighted by molar-refractivity contribution is -0.145. The number of nitrogens with one attached hydrogen (secondary N) is 2. The number of nitrogens with zero attached hydrogens (tertiary/aromatic N) is 2. The molecule has 4 N–H and O–H groups in total. The van der Waals surface area contributed by atoms with Crippen molar-refractivity contribution in [3.05, 3.63) is 93.9 Å². The Morgan fingerprint density at radius 3 is 2.02 bits per heavy atom. The van der Waals surface area contributed by atoms with Crippen LogP contribution in [-0.4, -0.2) is 56.2 Å². The normalized spacial score (nSPS) is 18.1. The van der Waals surface area contributed by atoms with Crippen LogP contribution in [-0.2, 0) is 21.4 Å². The number of hydrogen-bond acceptors (Lipinski definition) is 7. The molecule has 2 heterocycles. The molecule has 0 saturated heterocycles. The molecule has 1 saturated carbocycles. The summed E-state index contributed by atoms with van der Waals surface area (Å²) in [7, 11) is 0. The van der Waals surface area contributed by atoms with Crippen LogP contribution in [0.15, 0.2) is 73.1 Å². The van der Waals surface area contributed by atoms with E-state index in [1.165, 1.54) is 55.9 Å². The van der Waals surface area contributed by atoms with Crippen molar-refractivity contribution in [2.45, 2.75) is 103 Å². The van der Waals surface area contributed by atoms with Crippen molar-refractivity contribution in [3.63, 3.8) is 0 Å². The first-order valence-electron chi connectivity index (χ1n) is 17.5. The fourth-order valence-electron chi connectivity index (χ4n) is 6.45. The summed E-state index contributed by atoms with van der Waals surface area (Å²) in [6, 6.07) is 17.2. The Bertz CT molecular complexity index is 1750. The van der Waals surface area contributed by atoms with E-state index in [0.29, 0.717) is 16.6 Å². The second-order valence-electron chi connectivity index (χ2n) is 14.4. The van der Waals surface area contributed by atoms with Gasteiger partial charge in [0, 0.05) is 34.8 Å². The highest BCUT2D eigenvalue weighted by Gasteiger charge is 2.30. The topological polar surface area (TPSA) is 142 Å². The summed E-state index contributed by atoms with van der Waals surface area (Å²) in [6.45, 7) is 9.74. The lowest BCUT2D eigenvalue weighted by Gasteiger charge is -2.28.